The first-order valence-electron chi connectivity index (χ1n) is 5.65. The summed E-state index contributed by atoms with van der Waals surface area (Å²) >= 11 is 3.05. The lowest BCUT2D eigenvalue weighted by molar-refractivity contribution is 0.0910. The molecule has 0 unspecified atom stereocenters. The van der Waals surface area contributed by atoms with Crippen LogP contribution in [0.4, 0.5) is 0 Å². The van der Waals surface area contributed by atoms with Gasteiger partial charge in [0.1, 0.15) is 10.7 Å². The van der Waals surface area contributed by atoms with Crippen molar-refractivity contribution in [3.05, 3.63) is 28.6 Å². The number of nitrogens with one attached hydrogen (secondary N) is 1. The van der Waals surface area contributed by atoms with Crippen LogP contribution in [0.5, 0.6) is 0 Å². The summed E-state index contributed by atoms with van der Waals surface area (Å²) in [6, 6.07) is 3.73. The van der Waals surface area contributed by atoms with Crippen LogP contribution in [0.2, 0.25) is 0 Å². The van der Waals surface area contributed by atoms with Gasteiger partial charge in [0.25, 0.3) is 5.91 Å². The van der Waals surface area contributed by atoms with E-state index in [1.165, 1.54) is 11.3 Å². The van der Waals surface area contributed by atoms with Gasteiger partial charge in [-0.25, -0.2) is 4.98 Å². The topological polar surface area (TPSA) is 62.2 Å². The maximum absolute atomic E-state index is 11.9. The van der Waals surface area contributed by atoms with Crippen LogP contribution in [0, 0.1) is 0 Å². The standard InChI is InChI=1S/C12H14N2O2S2/c1-2-8(6-15)13-11(16)9-7-18-12(14-9)10-4-3-5-17-10/h3-5,7-8,15H,2,6H2,1H3,(H,13,16)/t8-/m0/s1. The van der Waals surface area contributed by atoms with E-state index in [0.29, 0.717) is 12.1 Å². The molecule has 0 aliphatic rings. The second kappa shape index (κ2) is 6.08. The number of aromatic nitrogens is 1. The van der Waals surface area contributed by atoms with Crippen LogP contribution in [-0.2, 0) is 0 Å². The third-order valence-corrected chi connectivity index (χ3v) is 4.40. The van der Waals surface area contributed by atoms with Crippen molar-refractivity contribution in [3.8, 4) is 9.88 Å². The van der Waals surface area contributed by atoms with E-state index in [2.05, 4.69) is 10.3 Å². The van der Waals surface area contributed by atoms with E-state index in [1.54, 1.807) is 16.7 Å². The molecule has 18 heavy (non-hydrogen) atoms. The number of hydrogen-bond donors (Lipinski definition) is 2. The number of nitrogens with zero attached hydrogens (tertiary/aromatic N) is 1. The molecule has 0 saturated heterocycles. The molecule has 0 bridgehead atoms. The maximum Gasteiger partial charge on any atom is 0.271 e. The van der Waals surface area contributed by atoms with Gasteiger partial charge in [-0.2, -0.15) is 0 Å². The summed E-state index contributed by atoms with van der Waals surface area (Å²) in [5.74, 6) is -0.227. The molecule has 0 aromatic carbocycles. The van der Waals surface area contributed by atoms with E-state index in [4.69, 9.17) is 5.11 Å². The SMILES string of the molecule is CC[C@@H](CO)NC(=O)c1csc(-c2cccs2)n1. The number of thiophene rings is 1. The number of aliphatic hydroxyl groups is 1. The Bertz CT molecular complexity index is 504. The van der Waals surface area contributed by atoms with Crippen LogP contribution in [0.1, 0.15) is 23.8 Å². The van der Waals surface area contributed by atoms with Gasteiger partial charge >= 0.3 is 0 Å². The molecule has 1 amide bonds. The molecule has 0 radical (unpaired) electrons. The van der Waals surface area contributed by atoms with Gasteiger partial charge in [-0.15, -0.1) is 22.7 Å². The average molecular weight is 282 g/mol. The molecule has 0 aliphatic carbocycles. The summed E-state index contributed by atoms with van der Waals surface area (Å²) in [5, 5.41) is 16.4. The lowest BCUT2D eigenvalue weighted by atomic mass is 10.2. The number of carbonyl (C=O) groups is 1. The van der Waals surface area contributed by atoms with Gasteiger partial charge in [0.2, 0.25) is 0 Å². The van der Waals surface area contributed by atoms with Crippen LogP contribution >= 0.6 is 22.7 Å². The Morgan fingerprint density at radius 3 is 3.00 bits per heavy atom. The van der Waals surface area contributed by atoms with Gasteiger partial charge in [-0.05, 0) is 17.9 Å². The van der Waals surface area contributed by atoms with E-state index < -0.39 is 0 Å². The molecule has 6 heteroatoms. The number of aliphatic hydroxyl groups excluding tert-OH is 1. The van der Waals surface area contributed by atoms with Crippen molar-refractivity contribution in [2.75, 3.05) is 6.61 Å². The number of rotatable bonds is 5. The second-order valence-electron chi connectivity index (χ2n) is 3.78. The zero-order valence-electron chi connectivity index (χ0n) is 9.92. The Kier molecular flexibility index (Phi) is 4.46. The molecule has 0 aliphatic heterocycles. The molecule has 2 aromatic heterocycles. The van der Waals surface area contributed by atoms with E-state index >= 15 is 0 Å². The summed E-state index contributed by atoms with van der Waals surface area (Å²) < 4.78 is 0. The number of hydrogen-bond acceptors (Lipinski definition) is 5. The van der Waals surface area contributed by atoms with Crippen molar-refractivity contribution < 1.29 is 9.90 Å². The molecule has 2 N–H and O–H groups in total. The van der Waals surface area contributed by atoms with E-state index in [-0.39, 0.29) is 18.6 Å². The lowest BCUT2D eigenvalue weighted by Crippen LogP contribution is -2.37. The van der Waals surface area contributed by atoms with Crippen molar-refractivity contribution >= 4 is 28.6 Å². The number of amides is 1. The molecular weight excluding hydrogens is 268 g/mol. The molecule has 96 valence electrons. The fraction of sp³-hybridized carbons (Fsp3) is 0.333. The van der Waals surface area contributed by atoms with Crippen molar-refractivity contribution in [2.45, 2.75) is 19.4 Å². The monoisotopic (exact) mass is 282 g/mol. The number of thiazole rings is 1. The molecule has 1 atom stereocenters. The molecule has 2 heterocycles. The Labute approximate surface area is 113 Å². The fourth-order valence-electron chi connectivity index (χ4n) is 1.43. The predicted octanol–water partition coefficient (Wildman–Crippen LogP) is 2.37. The minimum atomic E-state index is -0.227. The largest absolute Gasteiger partial charge is 0.394 e. The first-order chi connectivity index (χ1) is 8.74. The molecule has 0 fully saturated rings. The van der Waals surface area contributed by atoms with Gasteiger partial charge in [-0.3, -0.25) is 4.79 Å². The summed E-state index contributed by atoms with van der Waals surface area (Å²) in [7, 11) is 0. The van der Waals surface area contributed by atoms with Crippen LogP contribution in [0.3, 0.4) is 0 Å². The van der Waals surface area contributed by atoms with Crippen LogP contribution in [-0.4, -0.2) is 28.6 Å². The lowest BCUT2D eigenvalue weighted by Gasteiger charge is -2.12. The van der Waals surface area contributed by atoms with Gasteiger partial charge in [0, 0.05) is 5.38 Å². The van der Waals surface area contributed by atoms with E-state index in [0.717, 1.165) is 9.88 Å². The van der Waals surface area contributed by atoms with E-state index in [1.807, 2.05) is 24.4 Å². The minimum absolute atomic E-state index is 0.0514. The Morgan fingerprint density at radius 2 is 2.39 bits per heavy atom. The first kappa shape index (κ1) is 13.2. The van der Waals surface area contributed by atoms with Crippen molar-refractivity contribution in [2.24, 2.45) is 0 Å². The van der Waals surface area contributed by atoms with Gasteiger partial charge in [0.05, 0.1) is 17.5 Å². The highest BCUT2D eigenvalue weighted by Gasteiger charge is 2.15. The van der Waals surface area contributed by atoms with Gasteiger partial charge < -0.3 is 10.4 Å². The van der Waals surface area contributed by atoms with E-state index in [9.17, 15) is 4.79 Å². The molecule has 4 nitrogen and oxygen atoms in total. The molecule has 2 aromatic rings. The molecule has 2 rings (SSSR count). The van der Waals surface area contributed by atoms with Gasteiger partial charge in [0.15, 0.2) is 0 Å². The molecule has 0 saturated carbocycles. The Morgan fingerprint density at radius 1 is 1.56 bits per heavy atom. The van der Waals surface area contributed by atoms with Crippen molar-refractivity contribution in [1.82, 2.24) is 10.3 Å². The highest BCUT2D eigenvalue weighted by molar-refractivity contribution is 7.20. The zero-order chi connectivity index (χ0) is 13.0. The van der Waals surface area contributed by atoms with Crippen LogP contribution in [0.15, 0.2) is 22.9 Å². The zero-order valence-corrected chi connectivity index (χ0v) is 11.6. The highest BCUT2D eigenvalue weighted by atomic mass is 32.1. The van der Waals surface area contributed by atoms with Gasteiger partial charge in [-0.1, -0.05) is 13.0 Å². The molecular formula is C12H14N2O2S2. The maximum atomic E-state index is 11.9. The van der Waals surface area contributed by atoms with Crippen molar-refractivity contribution in [3.63, 3.8) is 0 Å². The molecule has 0 spiro atoms. The summed E-state index contributed by atoms with van der Waals surface area (Å²) in [6.45, 7) is 1.86. The minimum Gasteiger partial charge on any atom is -0.394 e. The van der Waals surface area contributed by atoms with Crippen LogP contribution in [0.25, 0.3) is 9.88 Å². The summed E-state index contributed by atoms with van der Waals surface area (Å²) in [4.78, 5) is 17.3. The third kappa shape index (κ3) is 2.95. The van der Waals surface area contributed by atoms with Crippen LogP contribution < -0.4 is 5.32 Å². The van der Waals surface area contributed by atoms with Crippen molar-refractivity contribution in [1.29, 1.82) is 0 Å². The summed E-state index contributed by atoms with van der Waals surface area (Å²) in [5.41, 5.74) is 0.412. The Balaban J connectivity index is 2.08. The normalized spacial score (nSPS) is 12.3. The smallest absolute Gasteiger partial charge is 0.271 e. The predicted molar refractivity (Wildman–Crippen MR) is 74.1 cm³/mol. The number of carbonyl (C=O) groups excluding carboxylic acids is 1. The third-order valence-electron chi connectivity index (χ3n) is 2.52. The first-order valence-corrected chi connectivity index (χ1v) is 7.41. The average Bonchev–Trinajstić information content (AvgIpc) is 3.04. The quantitative estimate of drug-likeness (QED) is 0.885. The highest BCUT2D eigenvalue weighted by Crippen LogP contribution is 2.27. The Hall–Kier alpha value is -1.24. The second-order valence-corrected chi connectivity index (χ2v) is 5.58. The summed E-state index contributed by atoms with van der Waals surface area (Å²) in [6.07, 6.45) is 0.699. The fourth-order valence-corrected chi connectivity index (χ4v) is 3.04.